The Balaban J connectivity index is 1.73. The molecular formula is C15H15N3O4. The molecule has 1 atom stereocenters. The van der Waals surface area contributed by atoms with E-state index < -0.39 is 18.1 Å². The minimum atomic E-state index is -1.10. The van der Waals surface area contributed by atoms with Gasteiger partial charge in [0.15, 0.2) is 6.04 Å². The van der Waals surface area contributed by atoms with Crippen molar-refractivity contribution >= 4 is 12.1 Å². The van der Waals surface area contributed by atoms with Crippen LogP contribution in [-0.4, -0.2) is 38.8 Å². The maximum Gasteiger partial charge on any atom is 0.411 e. The molecule has 1 aromatic carbocycles. The SMILES string of the molecule is O=C(O)C1c2cn[nH]c2CCN1C(=O)OCc1ccccc1. The highest BCUT2D eigenvalue weighted by atomic mass is 16.6. The summed E-state index contributed by atoms with van der Waals surface area (Å²) < 4.78 is 5.23. The summed E-state index contributed by atoms with van der Waals surface area (Å²) in [4.78, 5) is 25.0. The molecule has 0 fully saturated rings. The summed E-state index contributed by atoms with van der Waals surface area (Å²) in [5.41, 5.74) is 2.11. The number of aromatic nitrogens is 2. The highest BCUT2D eigenvalue weighted by Crippen LogP contribution is 2.29. The normalized spacial score (nSPS) is 16.9. The van der Waals surface area contributed by atoms with Crippen molar-refractivity contribution in [3.63, 3.8) is 0 Å². The van der Waals surface area contributed by atoms with Crippen LogP contribution in [0.4, 0.5) is 4.79 Å². The third-order valence-corrected chi connectivity index (χ3v) is 3.63. The number of nitrogens with one attached hydrogen (secondary N) is 1. The van der Waals surface area contributed by atoms with Crippen LogP contribution in [0.2, 0.25) is 0 Å². The molecule has 1 aliphatic rings. The van der Waals surface area contributed by atoms with Gasteiger partial charge >= 0.3 is 12.1 Å². The number of aliphatic carboxylic acids is 1. The summed E-state index contributed by atoms with van der Waals surface area (Å²) >= 11 is 0. The highest BCUT2D eigenvalue weighted by Gasteiger charge is 2.38. The molecule has 2 heterocycles. The van der Waals surface area contributed by atoms with Gasteiger partial charge in [0.25, 0.3) is 0 Å². The van der Waals surface area contributed by atoms with Gasteiger partial charge in [0, 0.05) is 24.2 Å². The number of hydrogen-bond acceptors (Lipinski definition) is 4. The molecule has 0 saturated heterocycles. The number of benzene rings is 1. The predicted octanol–water partition coefficient (Wildman–Crippen LogP) is 1.73. The van der Waals surface area contributed by atoms with Gasteiger partial charge in [-0.05, 0) is 5.56 Å². The van der Waals surface area contributed by atoms with Gasteiger partial charge < -0.3 is 9.84 Å². The van der Waals surface area contributed by atoms with Gasteiger partial charge in [-0.15, -0.1) is 0 Å². The fourth-order valence-corrected chi connectivity index (χ4v) is 2.55. The number of aromatic amines is 1. The fraction of sp³-hybridized carbons (Fsp3) is 0.267. The van der Waals surface area contributed by atoms with Crippen molar-refractivity contribution < 1.29 is 19.4 Å². The van der Waals surface area contributed by atoms with Crippen molar-refractivity contribution in [2.45, 2.75) is 19.1 Å². The third-order valence-electron chi connectivity index (χ3n) is 3.63. The first kappa shape index (κ1) is 14.1. The van der Waals surface area contributed by atoms with Gasteiger partial charge in [0.2, 0.25) is 0 Å². The minimum absolute atomic E-state index is 0.112. The van der Waals surface area contributed by atoms with E-state index in [0.29, 0.717) is 12.0 Å². The molecule has 3 rings (SSSR count). The Bertz CT molecular complexity index is 683. The lowest BCUT2D eigenvalue weighted by molar-refractivity contribution is -0.143. The Labute approximate surface area is 126 Å². The monoisotopic (exact) mass is 301 g/mol. The molecule has 1 aromatic heterocycles. The largest absolute Gasteiger partial charge is 0.479 e. The van der Waals surface area contributed by atoms with Gasteiger partial charge in [-0.1, -0.05) is 30.3 Å². The standard InChI is InChI=1S/C15H15N3O4/c19-14(20)13-11-8-16-17-12(11)6-7-18(13)15(21)22-9-10-4-2-1-3-5-10/h1-5,8,13H,6-7,9H2,(H,16,17)(H,19,20). The van der Waals surface area contributed by atoms with E-state index in [1.807, 2.05) is 30.3 Å². The van der Waals surface area contributed by atoms with E-state index in [1.165, 1.54) is 11.1 Å². The number of amides is 1. The Morgan fingerprint density at radius 3 is 2.86 bits per heavy atom. The number of hydrogen-bond donors (Lipinski definition) is 2. The third kappa shape index (κ3) is 2.65. The molecule has 0 bridgehead atoms. The summed E-state index contributed by atoms with van der Waals surface area (Å²) in [5.74, 6) is -1.10. The van der Waals surface area contributed by atoms with Crippen LogP contribution in [0.25, 0.3) is 0 Å². The van der Waals surface area contributed by atoms with E-state index >= 15 is 0 Å². The molecule has 0 radical (unpaired) electrons. The van der Waals surface area contributed by atoms with Crippen LogP contribution in [0.3, 0.4) is 0 Å². The Morgan fingerprint density at radius 2 is 2.14 bits per heavy atom. The van der Waals surface area contributed by atoms with E-state index in [4.69, 9.17) is 4.74 Å². The molecule has 7 nitrogen and oxygen atoms in total. The van der Waals surface area contributed by atoms with Crippen molar-refractivity contribution in [3.8, 4) is 0 Å². The van der Waals surface area contributed by atoms with Crippen molar-refractivity contribution in [3.05, 3.63) is 53.3 Å². The molecule has 1 aliphatic heterocycles. The van der Waals surface area contributed by atoms with Crippen LogP contribution in [0.15, 0.2) is 36.5 Å². The van der Waals surface area contributed by atoms with E-state index in [1.54, 1.807) is 0 Å². The summed E-state index contributed by atoms with van der Waals surface area (Å²) in [6.45, 7) is 0.389. The number of ether oxygens (including phenoxy) is 1. The number of rotatable bonds is 3. The Kier molecular flexibility index (Phi) is 3.78. The lowest BCUT2D eigenvalue weighted by Gasteiger charge is -2.31. The van der Waals surface area contributed by atoms with E-state index in [2.05, 4.69) is 10.2 Å². The molecule has 1 unspecified atom stereocenters. The Morgan fingerprint density at radius 1 is 1.36 bits per heavy atom. The van der Waals surface area contributed by atoms with Gasteiger partial charge in [-0.3, -0.25) is 10.00 Å². The second-order valence-electron chi connectivity index (χ2n) is 5.03. The first-order valence-corrected chi connectivity index (χ1v) is 6.89. The first-order valence-electron chi connectivity index (χ1n) is 6.89. The molecule has 0 aliphatic carbocycles. The van der Waals surface area contributed by atoms with Gasteiger partial charge in [-0.2, -0.15) is 5.10 Å². The van der Waals surface area contributed by atoms with Gasteiger partial charge in [0.05, 0.1) is 6.20 Å². The quantitative estimate of drug-likeness (QED) is 0.900. The molecule has 114 valence electrons. The minimum Gasteiger partial charge on any atom is -0.479 e. The number of carboxylic acids is 1. The van der Waals surface area contributed by atoms with Gasteiger partial charge in [-0.25, -0.2) is 9.59 Å². The van der Waals surface area contributed by atoms with Crippen LogP contribution < -0.4 is 0 Å². The van der Waals surface area contributed by atoms with Crippen LogP contribution in [0, 0.1) is 0 Å². The number of carbonyl (C=O) groups excluding carboxylic acids is 1. The van der Waals surface area contributed by atoms with Crippen molar-refractivity contribution in [1.29, 1.82) is 0 Å². The number of fused-ring (bicyclic) bond motifs is 1. The predicted molar refractivity (Wildman–Crippen MR) is 76.0 cm³/mol. The number of carboxylic acid groups (broad SMARTS) is 1. The molecule has 2 N–H and O–H groups in total. The number of nitrogens with zero attached hydrogens (tertiary/aromatic N) is 2. The maximum absolute atomic E-state index is 12.2. The molecule has 7 heteroatoms. The molecule has 1 amide bonds. The van der Waals surface area contributed by atoms with Crippen molar-refractivity contribution in [2.24, 2.45) is 0 Å². The summed E-state index contributed by atoms with van der Waals surface area (Å²) in [5, 5.41) is 16.0. The zero-order valence-electron chi connectivity index (χ0n) is 11.7. The van der Waals surface area contributed by atoms with Crippen molar-refractivity contribution in [1.82, 2.24) is 15.1 Å². The molecule has 0 spiro atoms. The smallest absolute Gasteiger partial charge is 0.411 e. The van der Waals surface area contributed by atoms with E-state index in [-0.39, 0.29) is 13.2 Å². The highest BCUT2D eigenvalue weighted by molar-refractivity contribution is 5.82. The van der Waals surface area contributed by atoms with E-state index in [0.717, 1.165) is 11.3 Å². The topological polar surface area (TPSA) is 95.5 Å². The van der Waals surface area contributed by atoms with Gasteiger partial charge in [0.1, 0.15) is 6.61 Å². The molecule has 0 saturated carbocycles. The van der Waals surface area contributed by atoms with Crippen LogP contribution in [0.5, 0.6) is 0 Å². The average molecular weight is 301 g/mol. The lowest BCUT2D eigenvalue weighted by atomic mass is 10.00. The number of H-pyrrole nitrogens is 1. The summed E-state index contributed by atoms with van der Waals surface area (Å²) in [7, 11) is 0. The number of carbonyl (C=O) groups is 2. The second-order valence-corrected chi connectivity index (χ2v) is 5.03. The Hall–Kier alpha value is -2.83. The fourth-order valence-electron chi connectivity index (χ4n) is 2.55. The second kappa shape index (κ2) is 5.88. The summed E-state index contributed by atoms with van der Waals surface area (Å²) in [6.07, 6.45) is 1.34. The van der Waals surface area contributed by atoms with Crippen LogP contribution in [-0.2, 0) is 22.6 Å². The first-order chi connectivity index (χ1) is 10.7. The lowest BCUT2D eigenvalue weighted by Crippen LogP contribution is -2.43. The van der Waals surface area contributed by atoms with Crippen molar-refractivity contribution in [2.75, 3.05) is 6.54 Å². The molecule has 2 aromatic rings. The maximum atomic E-state index is 12.2. The van der Waals surface area contributed by atoms with Crippen LogP contribution in [0.1, 0.15) is 22.9 Å². The average Bonchev–Trinajstić information content (AvgIpc) is 3.00. The zero-order chi connectivity index (χ0) is 15.5. The molecule has 22 heavy (non-hydrogen) atoms. The van der Waals surface area contributed by atoms with Crippen LogP contribution >= 0.6 is 0 Å². The van der Waals surface area contributed by atoms with E-state index in [9.17, 15) is 14.7 Å². The summed E-state index contributed by atoms with van der Waals surface area (Å²) in [6, 6.07) is 8.19. The molecular weight excluding hydrogens is 286 g/mol. The zero-order valence-corrected chi connectivity index (χ0v) is 11.7.